The lowest BCUT2D eigenvalue weighted by atomic mass is 9.93. The van der Waals surface area contributed by atoms with Gasteiger partial charge in [-0.1, -0.05) is 11.6 Å². The van der Waals surface area contributed by atoms with Crippen molar-refractivity contribution >= 4 is 34.3 Å². The highest BCUT2D eigenvalue weighted by Gasteiger charge is 2.31. The molecule has 2 aromatic rings. The number of fused-ring (bicyclic) bond motifs is 1. The molecule has 1 aromatic carbocycles. The summed E-state index contributed by atoms with van der Waals surface area (Å²) >= 11 is 6.16. The first-order valence-corrected chi connectivity index (χ1v) is 8.60. The van der Waals surface area contributed by atoms with Gasteiger partial charge in [0.15, 0.2) is 6.61 Å². The van der Waals surface area contributed by atoms with E-state index in [-0.39, 0.29) is 30.4 Å². The molecule has 0 spiro atoms. The van der Waals surface area contributed by atoms with E-state index in [2.05, 4.69) is 4.98 Å². The van der Waals surface area contributed by atoms with Gasteiger partial charge in [-0.15, -0.1) is 0 Å². The van der Waals surface area contributed by atoms with E-state index in [4.69, 9.17) is 22.1 Å². The molecule has 2 N–H and O–H groups in total. The Balaban J connectivity index is 1.72. The normalized spacial score (nSPS) is 20.5. The van der Waals surface area contributed by atoms with Crippen molar-refractivity contribution < 1.29 is 14.3 Å². The van der Waals surface area contributed by atoms with Crippen molar-refractivity contribution in [3.8, 4) is 5.75 Å². The van der Waals surface area contributed by atoms with Crippen molar-refractivity contribution in [1.29, 1.82) is 0 Å². The van der Waals surface area contributed by atoms with E-state index in [1.807, 2.05) is 13.0 Å². The van der Waals surface area contributed by atoms with Gasteiger partial charge in [-0.2, -0.15) is 0 Å². The number of likely N-dealkylation sites (tertiary alicyclic amines) is 1. The van der Waals surface area contributed by atoms with Crippen LogP contribution in [0.4, 0.5) is 0 Å². The van der Waals surface area contributed by atoms with Gasteiger partial charge in [0.05, 0.1) is 10.9 Å². The fourth-order valence-electron chi connectivity index (χ4n) is 3.14. The van der Waals surface area contributed by atoms with Crippen LogP contribution < -0.4 is 10.5 Å². The number of nitrogens with two attached hydrogens (primary N) is 1. The lowest BCUT2D eigenvalue weighted by Gasteiger charge is -2.36. The second kappa shape index (κ2) is 7.27. The Hall–Kier alpha value is -2.34. The van der Waals surface area contributed by atoms with Gasteiger partial charge in [0.1, 0.15) is 11.3 Å². The average Bonchev–Trinajstić information content (AvgIpc) is 2.61. The van der Waals surface area contributed by atoms with Crippen molar-refractivity contribution in [2.45, 2.75) is 25.8 Å². The fraction of sp³-hybridized carbons (Fsp3) is 0.389. The zero-order chi connectivity index (χ0) is 18.0. The molecule has 6 nitrogen and oxygen atoms in total. The molecular formula is C18H20ClN3O3. The van der Waals surface area contributed by atoms with Gasteiger partial charge in [0.2, 0.25) is 5.91 Å². The molecule has 2 amide bonds. The molecule has 25 heavy (non-hydrogen) atoms. The van der Waals surface area contributed by atoms with Crippen molar-refractivity contribution in [2.24, 2.45) is 11.7 Å². The van der Waals surface area contributed by atoms with Gasteiger partial charge in [-0.05, 0) is 44.0 Å². The summed E-state index contributed by atoms with van der Waals surface area (Å²) in [6, 6.07) is 7.13. The number of ether oxygens (including phenoxy) is 1. The smallest absolute Gasteiger partial charge is 0.260 e. The summed E-state index contributed by atoms with van der Waals surface area (Å²) in [7, 11) is 0. The molecule has 0 bridgehead atoms. The summed E-state index contributed by atoms with van der Waals surface area (Å²) in [4.78, 5) is 29.9. The molecule has 1 saturated heterocycles. The molecule has 1 aliphatic rings. The maximum absolute atomic E-state index is 12.6. The molecule has 1 aliphatic heterocycles. The third-order valence-electron chi connectivity index (χ3n) is 4.64. The average molecular weight is 362 g/mol. The number of primary amides is 1. The highest BCUT2D eigenvalue weighted by Crippen LogP contribution is 2.30. The van der Waals surface area contributed by atoms with Crippen LogP contribution >= 0.6 is 11.6 Å². The molecule has 2 atom stereocenters. The van der Waals surface area contributed by atoms with Gasteiger partial charge < -0.3 is 15.4 Å². The lowest BCUT2D eigenvalue weighted by molar-refractivity contribution is -0.139. The molecule has 1 aromatic heterocycles. The van der Waals surface area contributed by atoms with Gasteiger partial charge in [-0.3, -0.25) is 14.6 Å². The minimum atomic E-state index is -0.362. The van der Waals surface area contributed by atoms with Gasteiger partial charge in [0.25, 0.3) is 5.91 Å². The third kappa shape index (κ3) is 3.69. The summed E-state index contributed by atoms with van der Waals surface area (Å²) in [6.07, 6.45) is 3.12. The summed E-state index contributed by atoms with van der Waals surface area (Å²) in [5, 5.41) is 1.35. The molecule has 7 heteroatoms. The van der Waals surface area contributed by atoms with E-state index < -0.39 is 0 Å². The van der Waals surface area contributed by atoms with Crippen molar-refractivity contribution in [2.75, 3.05) is 13.2 Å². The number of benzene rings is 1. The largest absolute Gasteiger partial charge is 0.481 e. The Morgan fingerprint density at radius 1 is 1.36 bits per heavy atom. The molecule has 132 valence electrons. The monoisotopic (exact) mass is 361 g/mol. The maximum atomic E-state index is 12.6. The third-order valence-corrected chi connectivity index (χ3v) is 4.96. The number of aromatic nitrogens is 1. The number of nitrogens with zero attached hydrogens (tertiary/aromatic N) is 2. The van der Waals surface area contributed by atoms with Gasteiger partial charge in [-0.25, -0.2) is 0 Å². The molecule has 0 aliphatic carbocycles. The van der Waals surface area contributed by atoms with E-state index >= 15 is 0 Å². The van der Waals surface area contributed by atoms with Crippen LogP contribution in [0.1, 0.15) is 19.8 Å². The number of amides is 2. The summed E-state index contributed by atoms with van der Waals surface area (Å²) in [5.74, 6) is -0.321. The standard InChI is InChI=1S/C18H20ClN3O3/c1-11-4-5-12(18(20)24)9-22(11)16(23)10-25-15-7-6-14(19)13-3-2-8-21-17(13)15/h2-3,6-8,11-12H,4-5,9-10H2,1H3,(H2,20,24)/t11-,12-/m1/s1. The predicted octanol–water partition coefficient (Wildman–Crippen LogP) is 2.38. The Labute approximate surface area is 150 Å². The van der Waals surface area contributed by atoms with Crippen LogP contribution in [0.25, 0.3) is 10.9 Å². The molecule has 3 rings (SSSR count). The van der Waals surface area contributed by atoms with E-state index in [1.54, 1.807) is 29.3 Å². The van der Waals surface area contributed by atoms with Crippen LogP contribution in [0, 0.1) is 5.92 Å². The van der Waals surface area contributed by atoms with Gasteiger partial charge >= 0.3 is 0 Å². The molecule has 2 heterocycles. The maximum Gasteiger partial charge on any atom is 0.260 e. The quantitative estimate of drug-likeness (QED) is 0.905. The molecular weight excluding hydrogens is 342 g/mol. The number of carbonyl (C=O) groups is 2. The van der Waals surface area contributed by atoms with Crippen molar-refractivity contribution in [3.05, 3.63) is 35.5 Å². The number of hydrogen-bond donors (Lipinski definition) is 1. The Bertz CT molecular complexity index is 811. The zero-order valence-corrected chi connectivity index (χ0v) is 14.7. The predicted molar refractivity (Wildman–Crippen MR) is 95.3 cm³/mol. The molecule has 0 saturated carbocycles. The van der Waals surface area contributed by atoms with E-state index in [1.165, 1.54) is 0 Å². The molecule has 0 unspecified atom stereocenters. The SMILES string of the molecule is C[C@@H]1CC[C@@H](C(N)=O)CN1C(=O)COc1ccc(Cl)c2cccnc12. The summed E-state index contributed by atoms with van der Waals surface area (Å²) < 4.78 is 5.70. The van der Waals surface area contributed by atoms with Crippen LogP contribution in [0.5, 0.6) is 5.75 Å². The first-order chi connectivity index (χ1) is 12.0. The van der Waals surface area contributed by atoms with Crippen LogP contribution in [-0.2, 0) is 9.59 Å². The summed E-state index contributed by atoms with van der Waals surface area (Å²) in [6.45, 7) is 2.19. The van der Waals surface area contributed by atoms with Gasteiger partial charge in [0, 0.05) is 24.2 Å². The number of carbonyl (C=O) groups excluding carboxylic acids is 2. The number of hydrogen-bond acceptors (Lipinski definition) is 4. The summed E-state index contributed by atoms with van der Waals surface area (Å²) in [5.41, 5.74) is 6.00. The second-order valence-electron chi connectivity index (χ2n) is 6.31. The van der Waals surface area contributed by atoms with Crippen LogP contribution in [0.15, 0.2) is 30.5 Å². The highest BCUT2D eigenvalue weighted by atomic mass is 35.5. The minimum Gasteiger partial charge on any atom is -0.481 e. The highest BCUT2D eigenvalue weighted by molar-refractivity contribution is 6.35. The van der Waals surface area contributed by atoms with Crippen LogP contribution in [-0.4, -0.2) is 40.9 Å². The number of piperidine rings is 1. The minimum absolute atomic E-state index is 0.0618. The number of halogens is 1. The second-order valence-corrected chi connectivity index (χ2v) is 6.71. The Morgan fingerprint density at radius 2 is 2.16 bits per heavy atom. The van der Waals surface area contributed by atoms with Crippen molar-refractivity contribution in [3.63, 3.8) is 0 Å². The zero-order valence-electron chi connectivity index (χ0n) is 13.9. The first kappa shape index (κ1) is 17.5. The Kier molecular flexibility index (Phi) is 5.08. The molecule has 0 radical (unpaired) electrons. The number of pyridine rings is 1. The van der Waals surface area contributed by atoms with E-state index in [0.717, 1.165) is 11.8 Å². The van der Waals surface area contributed by atoms with Crippen LogP contribution in [0.2, 0.25) is 5.02 Å². The van der Waals surface area contributed by atoms with E-state index in [0.29, 0.717) is 29.3 Å². The van der Waals surface area contributed by atoms with Crippen LogP contribution in [0.3, 0.4) is 0 Å². The Morgan fingerprint density at radius 3 is 2.92 bits per heavy atom. The first-order valence-electron chi connectivity index (χ1n) is 8.22. The lowest BCUT2D eigenvalue weighted by Crippen LogP contribution is -2.50. The fourth-order valence-corrected chi connectivity index (χ4v) is 3.35. The number of rotatable bonds is 4. The topological polar surface area (TPSA) is 85.5 Å². The van der Waals surface area contributed by atoms with E-state index in [9.17, 15) is 9.59 Å². The molecule has 1 fully saturated rings. The van der Waals surface area contributed by atoms with Crippen molar-refractivity contribution in [1.82, 2.24) is 9.88 Å².